The van der Waals surface area contributed by atoms with Gasteiger partial charge in [0.2, 0.25) is 0 Å². The molecule has 19 heavy (non-hydrogen) atoms. The lowest BCUT2D eigenvalue weighted by Crippen LogP contribution is -2.06. The number of halogens is 1. The minimum atomic E-state index is -0.309. The fraction of sp³-hybridized carbons (Fsp3) is 0.308. The molecular formula is C13H13ClN2O3. The largest absolute Gasteiger partial charge is 0.456 e. The lowest BCUT2D eigenvalue weighted by Gasteiger charge is -2.02. The molecule has 0 N–H and O–H groups in total. The molecular weight excluding hydrogens is 268 g/mol. The van der Waals surface area contributed by atoms with Crippen molar-refractivity contribution < 1.29 is 14.1 Å². The van der Waals surface area contributed by atoms with E-state index in [0.29, 0.717) is 23.2 Å². The molecule has 1 aromatic carbocycles. The second kappa shape index (κ2) is 6.33. The summed E-state index contributed by atoms with van der Waals surface area (Å²) in [6.07, 6.45) is 0.871. The number of carbonyl (C=O) groups excluding carboxylic acids is 1. The zero-order valence-corrected chi connectivity index (χ0v) is 11.2. The lowest BCUT2D eigenvalue weighted by atomic mass is 10.1. The van der Waals surface area contributed by atoms with Crippen molar-refractivity contribution in [3.63, 3.8) is 0 Å². The van der Waals surface area contributed by atoms with E-state index in [9.17, 15) is 4.79 Å². The van der Waals surface area contributed by atoms with Gasteiger partial charge in [-0.15, -0.1) is 0 Å². The number of rotatable bonds is 5. The van der Waals surface area contributed by atoms with Crippen molar-refractivity contribution in [2.75, 3.05) is 0 Å². The van der Waals surface area contributed by atoms with E-state index in [-0.39, 0.29) is 19.0 Å². The number of hydrogen-bond donors (Lipinski definition) is 0. The van der Waals surface area contributed by atoms with Crippen LogP contribution in [-0.2, 0) is 22.6 Å². The molecule has 0 aliphatic heterocycles. The predicted molar refractivity (Wildman–Crippen MR) is 68.6 cm³/mol. The Hall–Kier alpha value is -1.88. The predicted octanol–water partition coefficient (Wildman–Crippen LogP) is 2.71. The average molecular weight is 281 g/mol. The molecule has 0 aliphatic carbocycles. The molecule has 0 saturated carbocycles. The number of nitrogens with zero attached hydrogens (tertiary/aromatic N) is 2. The molecule has 1 aromatic heterocycles. The Kier molecular flexibility index (Phi) is 4.52. The average Bonchev–Trinajstić information content (AvgIpc) is 2.80. The quantitative estimate of drug-likeness (QED) is 0.788. The molecule has 0 aliphatic rings. The van der Waals surface area contributed by atoms with Gasteiger partial charge in [0.1, 0.15) is 0 Å². The first-order valence-corrected chi connectivity index (χ1v) is 6.20. The summed E-state index contributed by atoms with van der Waals surface area (Å²) in [6.45, 7) is 1.71. The zero-order chi connectivity index (χ0) is 13.7. The van der Waals surface area contributed by atoms with Crippen LogP contribution in [0.25, 0.3) is 0 Å². The van der Waals surface area contributed by atoms with Crippen molar-refractivity contribution >= 4 is 17.6 Å². The van der Waals surface area contributed by atoms with Gasteiger partial charge in [-0.25, -0.2) is 0 Å². The third kappa shape index (κ3) is 4.37. The zero-order valence-electron chi connectivity index (χ0n) is 10.4. The summed E-state index contributed by atoms with van der Waals surface area (Å²) >= 11 is 5.86. The third-order valence-electron chi connectivity index (χ3n) is 2.43. The second-order valence-electron chi connectivity index (χ2n) is 4.03. The molecule has 2 rings (SSSR count). The van der Waals surface area contributed by atoms with Crippen molar-refractivity contribution in [1.82, 2.24) is 10.1 Å². The third-order valence-corrected chi connectivity index (χ3v) is 2.67. The Balaban J connectivity index is 1.75. The fourth-order valence-electron chi connectivity index (χ4n) is 1.55. The van der Waals surface area contributed by atoms with Crippen LogP contribution in [0.15, 0.2) is 28.8 Å². The summed E-state index contributed by atoms with van der Waals surface area (Å²) in [6, 6.07) is 7.39. The molecule has 0 saturated heterocycles. The number of ether oxygens (including phenoxy) is 1. The van der Waals surface area contributed by atoms with E-state index in [0.717, 1.165) is 5.56 Å². The first-order valence-electron chi connectivity index (χ1n) is 5.83. The maximum Gasteiger partial charge on any atom is 0.306 e. The minimum Gasteiger partial charge on any atom is -0.456 e. The van der Waals surface area contributed by atoms with Crippen LogP contribution in [-0.4, -0.2) is 16.1 Å². The van der Waals surface area contributed by atoms with Gasteiger partial charge in [-0.2, -0.15) is 4.98 Å². The summed E-state index contributed by atoms with van der Waals surface area (Å²) < 4.78 is 9.86. The molecule has 0 bridgehead atoms. The molecule has 2 aromatic rings. The van der Waals surface area contributed by atoms with Gasteiger partial charge in [0.05, 0.1) is 0 Å². The number of aromatic nitrogens is 2. The highest BCUT2D eigenvalue weighted by atomic mass is 35.5. The summed E-state index contributed by atoms with van der Waals surface area (Å²) in [5.74, 6) is 0.509. The molecule has 0 atom stereocenters. The molecule has 5 nitrogen and oxygen atoms in total. The van der Waals surface area contributed by atoms with Crippen LogP contribution in [0.3, 0.4) is 0 Å². The first-order chi connectivity index (χ1) is 9.13. The van der Waals surface area contributed by atoms with E-state index in [1.807, 2.05) is 18.2 Å². The summed E-state index contributed by atoms with van der Waals surface area (Å²) in [4.78, 5) is 15.5. The standard InChI is InChI=1S/C13H13ClN2O3/c1-9-15-12(19-16-9)8-18-13(17)6-5-10-3-2-4-11(14)7-10/h2-4,7H,5-6,8H2,1H3. The van der Waals surface area contributed by atoms with Gasteiger partial charge in [0.15, 0.2) is 12.4 Å². The van der Waals surface area contributed by atoms with E-state index < -0.39 is 0 Å². The first kappa shape index (κ1) is 13.5. The summed E-state index contributed by atoms with van der Waals surface area (Å²) in [7, 11) is 0. The van der Waals surface area contributed by atoms with Gasteiger partial charge in [0.25, 0.3) is 5.89 Å². The monoisotopic (exact) mass is 280 g/mol. The van der Waals surface area contributed by atoms with Crippen LogP contribution in [0.4, 0.5) is 0 Å². The van der Waals surface area contributed by atoms with Gasteiger partial charge < -0.3 is 9.26 Å². The molecule has 0 unspecified atom stereocenters. The van der Waals surface area contributed by atoms with Crippen LogP contribution in [0.2, 0.25) is 5.02 Å². The van der Waals surface area contributed by atoms with Gasteiger partial charge in [-0.1, -0.05) is 28.9 Å². The Morgan fingerprint density at radius 2 is 2.32 bits per heavy atom. The van der Waals surface area contributed by atoms with Gasteiger partial charge in [-0.3, -0.25) is 4.79 Å². The number of hydrogen-bond acceptors (Lipinski definition) is 5. The van der Waals surface area contributed by atoms with Crippen LogP contribution in [0.1, 0.15) is 23.7 Å². The van der Waals surface area contributed by atoms with E-state index in [1.165, 1.54) is 0 Å². The van der Waals surface area contributed by atoms with E-state index >= 15 is 0 Å². The van der Waals surface area contributed by atoms with Crippen molar-refractivity contribution in [3.8, 4) is 0 Å². The molecule has 0 fully saturated rings. The molecule has 6 heteroatoms. The van der Waals surface area contributed by atoms with E-state index in [4.69, 9.17) is 20.9 Å². The summed E-state index contributed by atoms with van der Waals surface area (Å²) in [5.41, 5.74) is 0.998. The Bertz CT molecular complexity index is 569. The molecule has 0 radical (unpaired) electrons. The Morgan fingerprint density at radius 3 is 3.00 bits per heavy atom. The Morgan fingerprint density at radius 1 is 1.47 bits per heavy atom. The number of carbonyl (C=O) groups is 1. The van der Waals surface area contributed by atoms with Crippen LogP contribution < -0.4 is 0 Å². The number of benzene rings is 1. The smallest absolute Gasteiger partial charge is 0.306 e. The lowest BCUT2D eigenvalue weighted by molar-refractivity contribution is -0.145. The van der Waals surface area contributed by atoms with Gasteiger partial charge >= 0.3 is 5.97 Å². The minimum absolute atomic E-state index is 0.00915. The summed E-state index contributed by atoms with van der Waals surface area (Å²) in [5, 5.41) is 4.27. The van der Waals surface area contributed by atoms with Crippen molar-refractivity contribution in [2.24, 2.45) is 0 Å². The van der Waals surface area contributed by atoms with Gasteiger partial charge in [-0.05, 0) is 31.0 Å². The maximum atomic E-state index is 11.5. The fourth-order valence-corrected chi connectivity index (χ4v) is 1.76. The van der Waals surface area contributed by atoms with Crippen molar-refractivity contribution in [1.29, 1.82) is 0 Å². The second-order valence-corrected chi connectivity index (χ2v) is 4.46. The maximum absolute atomic E-state index is 11.5. The van der Waals surface area contributed by atoms with E-state index in [2.05, 4.69) is 10.1 Å². The SMILES string of the molecule is Cc1noc(COC(=O)CCc2cccc(Cl)c2)n1. The molecule has 0 amide bonds. The normalized spacial score (nSPS) is 10.4. The Labute approximate surface area is 115 Å². The highest BCUT2D eigenvalue weighted by molar-refractivity contribution is 6.30. The molecule has 0 spiro atoms. The van der Waals surface area contributed by atoms with Crippen molar-refractivity contribution in [2.45, 2.75) is 26.4 Å². The highest BCUT2D eigenvalue weighted by Crippen LogP contribution is 2.12. The van der Waals surface area contributed by atoms with Crippen LogP contribution >= 0.6 is 11.6 Å². The molecule has 100 valence electrons. The van der Waals surface area contributed by atoms with Crippen molar-refractivity contribution in [3.05, 3.63) is 46.6 Å². The number of aryl methyl sites for hydroxylation is 2. The van der Waals surface area contributed by atoms with E-state index in [1.54, 1.807) is 13.0 Å². The van der Waals surface area contributed by atoms with Crippen LogP contribution in [0.5, 0.6) is 0 Å². The topological polar surface area (TPSA) is 65.2 Å². The van der Waals surface area contributed by atoms with Gasteiger partial charge in [0, 0.05) is 11.4 Å². The highest BCUT2D eigenvalue weighted by Gasteiger charge is 2.08. The van der Waals surface area contributed by atoms with Crippen LogP contribution in [0, 0.1) is 6.92 Å². The molecule has 1 heterocycles. The number of esters is 1.